The van der Waals surface area contributed by atoms with E-state index in [-0.39, 0.29) is 11.1 Å². The minimum Gasteiger partial charge on any atom is -0.373 e. The fraction of sp³-hybridized carbons (Fsp3) is 1.00. The van der Waals surface area contributed by atoms with E-state index in [2.05, 4.69) is 44.8 Å². The van der Waals surface area contributed by atoms with Crippen molar-refractivity contribution in [3.05, 3.63) is 0 Å². The monoisotopic (exact) mass is 282 g/mol. The van der Waals surface area contributed by atoms with Crippen molar-refractivity contribution in [2.45, 2.75) is 71.4 Å². The van der Waals surface area contributed by atoms with E-state index in [4.69, 9.17) is 4.74 Å². The minimum atomic E-state index is 0.0233. The average molecular weight is 282 g/mol. The van der Waals surface area contributed by atoms with Gasteiger partial charge in [0, 0.05) is 31.7 Å². The molecule has 0 aromatic carbocycles. The Hall–Kier alpha value is -0.120. The zero-order chi connectivity index (χ0) is 14.9. The SMILES string of the molecule is CC(C)(C)NCC1(CN2CCOC(C)(C)C2)CCCC1. The maximum Gasteiger partial charge on any atom is 0.0753 e. The molecule has 1 aliphatic carbocycles. The minimum absolute atomic E-state index is 0.0233. The molecule has 3 nitrogen and oxygen atoms in total. The smallest absolute Gasteiger partial charge is 0.0753 e. The maximum atomic E-state index is 5.85. The van der Waals surface area contributed by atoms with Crippen LogP contribution >= 0.6 is 0 Å². The van der Waals surface area contributed by atoms with Crippen molar-refractivity contribution in [3.8, 4) is 0 Å². The second kappa shape index (κ2) is 5.94. The molecule has 1 saturated heterocycles. The van der Waals surface area contributed by atoms with E-state index in [9.17, 15) is 0 Å². The van der Waals surface area contributed by atoms with Crippen LogP contribution in [0.2, 0.25) is 0 Å². The topological polar surface area (TPSA) is 24.5 Å². The molecule has 0 bridgehead atoms. The zero-order valence-corrected chi connectivity index (χ0v) is 14.2. The Bertz CT molecular complexity index is 313. The Balaban J connectivity index is 1.95. The number of ether oxygens (including phenoxy) is 1. The van der Waals surface area contributed by atoms with Crippen LogP contribution < -0.4 is 5.32 Å². The van der Waals surface area contributed by atoms with Gasteiger partial charge in [-0.05, 0) is 52.9 Å². The number of rotatable bonds is 4. The second-order valence-corrected chi connectivity index (χ2v) is 8.63. The Morgan fingerprint density at radius 3 is 2.35 bits per heavy atom. The predicted octanol–water partition coefficient (Wildman–Crippen LogP) is 3.05. The third-order valence-corrected chi connectivity index (χ3v) is 4.72. The lowest BCUT2D eigenvalue weighted by Gasteiger charge is -2.43. The summed E-state index contributed by atoms with van der Waals surface area (Å²) >= 11 is 0. The van der Waals surface area contributed by atoms with E-state index < -0.39 is 0 Å². The number of hydrogen-bond donors (Lipinski definition) is 1. The summed E-state index contributed by atoms with van der Waals surface area (Å²) in [7, 11) is 0. The highest BCUT2D eigenvalue weighted by molar-refractivity contribution is 4.93. The lowest BCUT2D eigenvalue weighted by Crippen LogP contribution is -2.54. The number of nitrogens with one attached hydrogen (secondary N) is 1. The van der Waals surface area contributed by atoms with E-state index in [0.29, 0.717) is 5.41 Å². The van der Waals surface area contributed by atoms with Crippen LogP contribution in [0.4, 0.5) is 0 Å². The molecule has 118 valence electrons. The quantitative estimate of drug-likeness (QED) is 0.858. The van der Waals surface area contributed by atoms with Gasteiger partial charge in [-0.1, -0.05) is 12.8 Å². The summed E-state index contributed by atoms with van der Waals surface area (Å²) in [6.07, 6.45) is 5.57. The summed E-state index contributed by atoms with van der Waals surface area (Å²) < 4.78 is 5.85. The lowest BCUT2D eigenvalue weighted by molar-refractivity contribution is -0.0942. The highest BCUT2D eigenvalue weighted by Gasteiger charge is 2.38. The summed E-state index contributed by atoms with van der Waals surface area (Å²) in [6.45, 7) is 16.7. The van der Waals surface area contributed by atoms with Gasteiger partial charge < -0.3 is 10.1 Å². The van der Waals surface area contributed by atoms with Gasteiger partial charge in [0.05, 0.1) is 12.2 Å². The van der Waals surface area contributed by atoms with Gasteiger partial charge in [0.2, 0.25) is 0 Å². The maximum absolute atomic E-state index is 5.85. The lowest BCUT2D eigenvalue weighted by atomic mass is 9.84. The summed E-state index contributed by atoms with van der Waals surface area (Å²) in [5.74, 6) is 0. The largest absolute Gasteiger partial charge is 0.373 e. The second-order valence-electron chi connectivity index (χ2n) is 8.63. The predicted molar refractivity (Wildman–Crippen MR) is 85.1 cm³/mol. The standard InChI is InChI=1S/C17H34N2O/c1-15(2,3)18-12-17(8-6-7-9-17)14-19-10-11-20-16(4,5)13-19/h18H,6-14H2,1-5H3. The van der Waals surface area contributed by atoms with Gasteiger partial charge in [-0.15, -0.1) is 0 Å². The van der Waals surface area contributed by atoms with E-state index >= 15 is 0 Å². The number of hydrogen-bond acceptors (Lipinski definition) is 3. The molecular formula is C17H34N2O. The number of nitrogens with zero attached hydrogens (tertiary/aromatic N) is 1. The number of morpholine rings is 1. The molecule has 0 atom stereocenters. The molecule has 0 amide bonds. The van der Waals surface area contributed by atoms with Gasteiger partial charge in [0.15, 0.2) is 0 Å². The fourth-order valence-corrected chi connectivity index (χ4v) is 3.69. The molecule has 0 spiro atoms. The molecular weight excluding hydrogens is 248 g/mol. The summed E-state index contributed by atoms with van der Waals surface area (Å²) in [5.41, 5.74) is 0.732. The van der Waals surface area contributed by atoms with Crippen molar-refractivity contribution in [2.75, 3.05) is 32.8 Å². The molecule has 1 N–H and O–H groups in total. The Morgan fingerprint density at radius 2 is 1.80 bits per heavy atom. The van der Waals surface area contributed by atoms with Gasteiger partial charge >= 0.3 is 0 Å². The molecule has 0 unspecified atom stereocenters. The molecule has 1 aliphatic heterocycles. The first-order chi connectivity index (χ1) is 9.20. The molecule has 2 rings (SSSR count). The van der Waals surface area contributed by atoms with Crippen LogP contribution in [0.1, 0.15) is 60.3 Å². The highest BCUT2D eigenvalue weighted by atomic mass is 16.5. The van der Waals surface area contributed by atoms with Gasteiger partial charge in [-0.2, -0.15) is 0 Å². The molecule has 0 radical (unpaired) electrons. The van der Waals surface area contributed by atoms with Gasteiger partial charge in [-0.25, -0.2) is 0 Å². The third-order valence-electron chi connectivity index (χ3n) is 4.72. The van der Waals surface area contributed by atoms with E-state index in [0.717, 1.165) is 26.2 Å². The zero-order valence-electron chi connectivity index (χ0n) is 14.2. The molecule has 1 saturated carbocycles. The summed E-state index contributed by atoms with van der Waals surface area (Å²) in [4.78, 5) is 2.64. The van der Waals surface area contributed by atoms with E-state index in [1.165, 1.54) is 32.2 Å². The Labute approximate surface area is 125 Å². The first kappa shape index (κ1) is 16.3. The van der Waals surface area contributed by atoms with Crippen molar-refractivity contribution in [3.63, 3.8) is 0 Å². The average Bonchev–Trinajstić information content (AvgIpc) is 2.73. The van der Waals surface area contributed by atoms with Crippen LogP contribution in [0.15, 0.2) is 0 Å². The van der Waals surface area contributed by atoms with Gasteiger partial charge in [-0.3, -0.25) is 4.90 Å². The van der Waals surface area contributed by atoms with E-state index in [1.807, 2.05) is 0 Å². The highest BCUT2D eigenvalue weighted by Crippen LogP contribution is 2.39. The van der Waals surface area contributed by atoms with Crippen LogP contribution in [-0.4, -0.2) is 48.8 Å². The fourth-order valence-electron chi connectivity index (χ4n) is 3.69. The third kappa shape index (κ3) is 4.71. The van der Waals surface area contributed by atoms with Crippen LogP contribution in [0.3, 0.4) is 0 Å². The Morgan fingerprint density at radius 1 is 1.15 bits per heavy atom. The summed E-state index contributed by atoms with van der Waals surface area (Å²) in [6, 6.07) is 0. The van der Waals surface area contributed by atoms with E-state index in [1.54, 1.807) is 0 Å². The first-order valence-electron chi connectivity index (χ1n) is 8.31. The normalized spacial score (nSPS) is 26.9. The van der Waals surface area contributed by atoms with Crippen molar-refractivity contribution >= 4 is 0 Å². The van der Waals surface area contributed by atoms with Crippen molar-refractivity contribution in [1.82, 2.24) is 10.2 Å². The van der Waals surface area contributed by atoms with Crippen molar-refractivity contribution < 1.29 is 4.74 Å². The molecule has 20 heavy (non-hydrogen) atoms. The van der Waals surface area contributed by atoms with Crippen LogP contribution in [0.25, 0.3) is 0 Å². The molecule has 1 heterocycles. The molecule has 3 heteroatoms. The molecule has 2 fully saturated rings. The van der Waals surface area contributed by atoms with Crippen LogP contribution in [0.5, 0.6) is 0 Å². The van der Waals surface area contributed by atoms with Gasteiger partial charge in [0.1, 0.15) is 0 Å². The molecule has 2 aliphatic rings. The van der Waals surface area contributed by atoms with Gasteiger partial charge in [0.25, 0.3) is 0 Å². The van der Waals surface area contributed by atoms with Crippen LogP contribution in [0, 0.1) is 5.41 Å². The van der Waals surface area contributed by atoms with Crippen LogP contribution in [-0.2, 0) is 4.74 Å². The summed E-state index contributed by atoms with van der Waals surface area (Å²) in [5, 5.41) is 3.76. The van der Waals surface area contributed by atoms with Crippen molar-refractivity contribution in [1.29, 1.82) is 0 Å². The first-order valence-corrected chi connectivity index (χ1v) is 8.31. The molecule has 0 aromatic rings. The Kier molecular flexibility index (Phi) is 4.83. The molecule has 0 aromatic heterocycles. The van der Waals surface area contributed by atoms with Crippen molar-refractivity contribution in [2.24, 2.45) is 5.41 Å².